The molecular weight excluding hydrogens is 460 g/mol. The predicted octanol–water partition coefficient (Wildman–Crippen LogP) is 4.33. The summed E-state index contributed by atoms with van der Waals surface area (Å²) < 4.78 is 30.6. The molecule has 9 heteroatoms. The number of nitrogens with zero attached hydrogens (tertiary/aromatic N) is 2. The third-order valence-corrected chi connectivity index (χ3v) is 7.82. The first kappa shape index (κ1) is 24.6. The number of thiazole rings is 1. The summed E-state index contributed by atoms with van der Waals surface area (Å²) in [6, 6.07) is 15.9. The van der Waals surface area contributed by atoms with Gasteiger partial charge in [0.1, 0.15) is 4.88 Å². The third-order valence-electron chi connectivity index (χ3n) is 4.93. The Bertz CT molecular complexity index is 1220. The molecule has 3 aromatic rings. The van der Waals surface area contributed by atoms with Crippen LogP contribution in [0.5, 0.6) is 0 Å². The van der Waals surface area contributed by atoms with Gasteiger partial charge in [-0.05, 0) is 38.5 Å². The summed E-state index contributed by atoms with van der Waals surface area (Å²) in [7, 11) is -3.62. The number of hydrogen-bond donors (Lipinski definition) is 0. The molecule has 0 aliphatic carbocycles. The maximum atomic E-state index is 13.2. The lowest BCUT2D eigenvalue weighted by Gasteiger charge is -2.20. The predicted molar refractivity (Wildman–Crippen MR) is 128 cm³/mol. The van der Waals surface area contributed by atoms with Gasteiger partial charge in [0.25, 0.3) is 0 Å². The number of amides is 1. The standard InChI is InChI=1S/C24H26N2O5S2/c1-4-31-23(28)22-18(3)25-24(32-22)26(16-19-8-6-5-7-9-19)21(27)14-15-33(29,30)20-12-10-17(2)11-13-20/h5-13H,4,14-16H2,1-3H3. The topological polar surface area (TPSA) is 93.6 Å². The average molecular weight is 487 g/mol. The lowest BCUT2D eigenvalue weighted by Crippen LogP contribution is -2.31. The van der Waals surface area contributed by atoms with E-state index in [9.17, 15) is 18.0 Å². The molecule has 1 heterocycles. The Kier molecular flexibility index (Phi) is 7.99. The molecule has 2 aromatic carbocycles. The lowest BCUT2D eigenvalue weighted by molar-refractivity contribution is -0.118. The van der Waals surface area contributed by atoms with E-state index in [4.69, 9.17) is 4.74 Å². The summed E-state index contributed by atoms with van der Waals surface area (Å²) in [5.74, 6) is -1.21. The number of carbonyl (C=O) groups is 2. The van der Waals surface area contributed by atoms with Crippen LogP contribution in [0.1, 0.15) is 39.8 Å². The van der Waals surface area contributed by atoms with Crippen LogP contribution >= 0.6 is 11.3 Å². The molecular formula is C24H26N2O5S2. The minimum Gasteiger partial charge on any atom is -0.462 e. The summed E-state index contributed by atoms with van der Waals surface area (Å²) >= 11 is 1.06. The molecule has 0 spiro atoms. The van der Waals surface area contributed by atoms with Gasteiger partial charge in [-0.2, -0.15) is 0 Å². The van der Waals surface area contributed by atoms with E-state index in [0.29, 0.717) is 15.7 Å². The van der Waals surface area contributed by atoms with E-state index in [1.807, 2.05) is 37.3 Å². The Hall–Kier alpha value is -3.04. The molecule has 1 amide bonds. The molecule has 0 saturated heterocycles. The van der Waals surface area contributed by atoms with E-state index in [2.05, 4.69) is 4.98 Å². The molecule has 1 aromatic heterocycles. The quantitative estimate of drug-likeness (QED) is 0.418. The molecule has 0 unspecified atom stereocenters. The summed E-state index contributed by atoms with van der Waals surface area (Å²) in [5.41, 5.74) is 2.28. The van der Waals surface area contributed by atoms with Crippen molar-refractivity contribution in [3.05, 3.63) is 76.3 Å². The minimum atomic E-state index is -3.62. The normalized spacial score (nSPS) is 11.2. The van der Waals surface area contributed by atoms with Crippen LogP contribution in [0.3, 0.4) is 0 Å². The first-order chi connectivity index (χ1) is 15.7. The Morgan fingerprint density at radius 1 is 1.03 bits per heavy atom. The number of carbonyl (C=O) groups excluding carboxylic acids is 2. The van der Waals surface area contributed by atoms with Gasteiger partial charge in [0.15, 0.2) is 15.0 Å². The van der Waals surface area contributed by atoms with Gasteiger partial charge in [0.05, 0.1) is 29.5 Å². The summed E-state index contributed by atoms with van der Waals surface area (Å²) in [5, 5.41) is 0.331. The number of aryl methyl sites for hydroxylation is 2. The van der Waals surface area contributed by atoms with E-state index < -0.39 is 21.7 Å². The van der Waals surface area contributed by atoms with E-state index in [1.165, 1.54) is 4.90 Å². The minimum absolute atomic E-state index is 0.185. The lowest BCUT2D eigenvalue weighted by atomic mass is 10.2. The van der Waals surface area contributed by atoms with Gasteiger partial charge in [-0.3, -0.25) is 9.69 Å². The van der Waals surface area contributed by atoms with Crippen LogP contribution in [0, 0.1) is 13.8 Å². The highest BCUT2D eigenvalue weighted by Gasteiger charge is 2.26. The number of rotatable bonds is 9. The maximum absolute atomic E-state index is 13.2. The zero-order chi connectivity index (χ0) is 24.0. The van der Waals surface area contributed by atoms with Crippen LogP contribution in [-0.2, 0) is 25.9 Å². The smallest absolute Gasteiger partial charge is 0.350 e. The highest BCUT2D eigenvalue weighted by Crippen LogP contribution is 2.29. The molecule has 0 N–H and O–H groups in total. The van der Waals surface area contributed by atoms with E-state index in [-0.39, 0.29) is 30.2 Å². The molecule has 174 valence electrons. The second kappa shape index (κ2) is 10.7. The van der Waals surface area contributed by atoms with Crippen molar-refractivity contribution in [1.82, 2.24) is 4.98 Å². The van der Waals surface area contributed by atoms with Crippen LogP contribution in [0.2, 0.25) is 0 Å². The second-order valence-corrected chi connectivity index (χ2v) is 10.6. The number of hydrogen-bond acceptors (Lipinski definition) is 7. The molecule has 0 bridgehead atoms. The number of aromatic nitrogens is 1. The monoisotopic (exact) mass is 486 g/mol. The van der Waals surface area contributed by atoms with Crippen molar-refractivity contribution in [2.75, 3.05) is 17.3 Å². The molecule has 0 atom stereocenters. The average Bonchev–Trinajstić information content (AvgIpc) is 3.18. The number of ether oxygens (including phenoxy) is 1. The van der Waals surface area contributed by atoms with Crippen molar-refractivity contribution in [3.63, 3.8) is 0 Å². The highest BCUT2D eigenvalue weighted by molar-refractivity contribution is 7.91. The van der Waals surface area contributed by atoms with Gasteiger partial charge in [-0.25, -0.2) is 18.2 Å². The summed E-state index contributed by atoms with van der Waals surface area (Å²) in [6.45, 7) is 5.71. The van der Waals surface area contributed by atoms with Crippen molar-refractivity contribution in [2.24, 2.45) is 0 Å². The largest absolute Gasteiger partial charge is 0.462 e. The molecule has 0 fully saturated rings. The van der Waals surface area contributed by atoms with Crippen molar-refractivity contribution < 1.29 is 22.7 Å². The molecule has 33 heavy (non-hydrogen) atoms. The van der Waals surface area contributed by atoms with Gasteiger partial charge in [0.2, 0.25) is 5.91 Å². The highest BCUT2D eigenvalue weighted by atomic mass is 32.2. The van der Waals surface area contributed by atoms with E-state index in [1.54, 1.807) is 38.1 Å². The summed E-state index contributed by atoms with van der Waals surface area (Å²) in [4.78, 5) is 31.8. The Morgan fingerprint density at radius 2 is 1.70 bits per heavy atom. The fourth-order valence-corrected chi connectivity index (χ4v) is 5.34. The number of sulfone groups is 1. The van der Waals surface area contributed by atoms with Gasteiger partial charge < -0.3 is 4.74 Å². The van der Waals surface area contributed by atoms with E-state index >= 15 is 0 Å². The fraction of sp³-hybridized carbons (Fsp3) is 0.292. The van der Waals surface area contributed by atoms with E-state index in [0.717, 1.165) is 22.5 Å². The first-order valence-corrected chi connectivity index (χ1v) is 13.0. The van der Waals surface area contributed by atoms with Gasteiger partial charge in [0, 0.05) is 6.42 Å². The molecule has 0 aliphatic heterocycles. The van der Waals surface area contributed by atoms with Crippen molar-refractivity contribution in [2.45, 2.75) is 38.6 Å². The van der Waals surface area contributed by atoms with Gasteiger partial charge in [-0.15, -0.1) is 0 Å². The number of anilines is 1. The Balaban J connectivity index is 1.85. The number of benzene rings is 2. The zero-order valence-corrected chi connectivity index (χ0v) is 20.4. The fourth-order valence-electron chi connectivity index (χ4n) is 3.13. The third kappa shape index (κ3) is 6.27. The maximum Gasteiger partial charge on any atom is 0.350 e. The van der Waals surface area contributed by atoms with Gasteiger partial charge >= 0.3 is 5.97 Å². The van der Waals surface area contributed by atoms with Crippen molar-refractivity contribution >= 4 is 38.2 Å². The summed E-state index contributed by atoms with van der Waals surface area (Å²) in [6.07, 6.45) is -0.212. The van der Waals surface area contributed by atoms with Crippen molar-refractivity contribution in [1.29, 1.82) is 0 Å². The van der Waals surface area contributed by atoms with Crippen LogP contribution < -0.4 is 4.90 Å². The Morgan fingerprint density at radius 3 is 2.33 bits per heavy atom. The van der Waals surface area contributed by atoms with Crippen molar-refractivity contribution in [3.8, 4) is 0 Å². The second-order valence-electron chi connectivity index (χ2n) is 7.48. The first-order valence-electron chi connectivity index (χ1n) is 10.5. The SMILES string of the molecule is CCOC(=O)c1sc(N(Cc2ccccc2)C(=O)CCS(=O)(=O)c2ccc(C)cc2)nc1C. The molecule has 0 radical (unpaired) electrons. The van der Waals surface area contributed by atoms with Crippen LogP contribution in [0.25, 0.3) is 0 Å². The molecule has 0 aliphatic rings. The molecule has 0 saturated carbocycles. The zero-order valence-electron chi connectivity index (χ0n) is 18.8. The number of esters is 1. The molecule has 7 nitrogen and oxygen atoms in total. The Labute approximate surface area is 198 Å². The molecule has 3 rings (SSSR count). The van der Waals surface area contributed by atoms with Crippen LogP contribution in [0.4, 0.5) is 5.13 Å². The van der Waals surface area contributed by atoms with Crippen LogP contribution in [-0.4, -0.2) is 37.6 Å². The van der Waals surface area contributed by atoms with Crippen LogP contribution in [0.15, 0.2) is 59.5 Å². The van der Waals surface area contributed by atoms with Gasteiger partial charge in [-0.1, -0.05) is 59.4 Å².